The lowest BCUT2D eigenvalue weighted by atomic mass is 10.1. The average molecular weight is 416 g/mol. The first-order chi connectivity index (χ1) is 13.9. The number of piperazine rings is 1. The van der Waals surface area contributed by atoms with Gasteiger partial charge in [-0.1, -0.05) is 0 Å². The highest BCUT2D eigenvalue weighted by Gasteiger charge is 2.28. The summed E-state index contributed by atoms with van der Waals surface area (Å²) in [5.41, 5.74) is 2.68. The van der Waals surface area contributed by atoms with Crippen LogP contribution in [0.25, 0.3) is 0 Å². The molecule has 29 heavy (non-hydrogen) atoms. The Hall–Kier alpha value is -2.60. The summed E-state index contributed by atoms with van der Waals surface area (Å²) in [4.78, 5) is 2.46. The quantitative estimate of drug-likeness (QED) is 0.720. The number of hydrogen-bond donors (Lipinski definition) is 0. The van der Waals surface area contributed by atoms with Crippen molar-refractivity contribution in [3.63, 3.8) is 0 Å². The van der Waals surface area contributed by atoms with Crippen molar-refractivity contribution in [1.82, 2.24) is 9.21 Å². The number of sulfonamides is 1. The number of nitrogens with zero attached hydrogens (tertiary/aromatic N) is 3. The normalized spacial score (nSPS) is 15.7. The molecule has 154 valence electrons. The fourth-order valence-corrected chi connectivity index (χ4v) is 4.83. The summed E-state index contributed by atoms with van der Waals surface area (Å²) in [7, 11) is -0.320. The van der Waals surface area contributed by atoms with Gasteiger partial charge in [-0.2, -0.15) is 9.57 Å². The molecule has 1 saturated heterocycles. The first-order valence-corrected chi connectivity index (χ1v) is 10.8. The van der Waals surface area contributed by atoms with E-state index in [1.54, 1.807) is 14.2 Å². The maximum absolute atomic E-state index is 12.9. The summed E-state index contributed by atoms with van der Waals surface area (Å²) >= 11 is 0. The third-order valence-electron chi connectivity index (χ3n) is 5.19. The van der Waals surface area contributed by atoms with Crippen LogP contribution in [0.5, 0.6) is 11.5 Å². The van der Waals surface area contributed by atoms with Gasteiger partial charge >= 0.3 is 0 Å². The van der Waals surface area contributed by atoms with Crippen LogP contribution in [0.4, 0.5) is 0 Å². The van der Waals surface area contributed by atoms with E-state index in [0.29, 0.717) is 43.2 Å². The number of nitriles is 1. The fraction of sp³-hybridized carbons (Fsp3) is 0.381. The predicted molar refractivity (Wildman–Crippen MR) is 109 cm³/mol. The Morgan fingerprint density at radius 1 is 1.00 bits per heavy atom. The Balaban J connectivity index is 1.67. The Kier molecular flexibility index (Phi) is 6.42. The molecular formula is C21H25N3O4S. The predicted octanol–water partition coefficient (Wildman–Crippen LogP) is 2.39. The number of hydrogen-bond acceptors (Lipinski definition) is 6. The fourth-order valence-electron chi connectivity index (χ4n) is 3.41. The van der Waals surface area contributed by atoms with E-state index in [4.69, 9.17) is 14.7 Å². The summed E-state index contributed by atoms with van der Waals surface area (Å²) in [6.45, 7) is 4.88. The molecule has 8 heteroatoms. The van der Waals surface area contributed by atoms with Gasteiger partial charge in [0.2, 0.25) is 10.0 Å². The van der Waals surface area contributed by atoms with Crippen LogP contribution < -0.4 is 9.47 Å². The minimum atomic E-state index is -3.55. The van der Waals surface area contributed by atoms with Gasteiger partial charge in [0.1, 0.15) is 0 Å². The van der Waals surface area contributed by atoms with E-state index >= 15 is 0 Å². The second-order valence-corrected chi connectivity index (χ2v) is 8.89. The van der Waals surface area contributed by atoms with Gasteiger partial charge in [-0.05, 0) is 54.4 Å². The van der Waals surface area contributed by atoms with Crippen molar-refractivity contribution >= 4 is 10.0 Å². The molecule has 0 bridgehead atoms. The molecule has 1 heterocycles. The first-order valence-electron chi connectivity index (χ1n) is 9.33. The second kappa shape index (κ2) is 8.82. The molecule has 0 aliphatic carbocycles. The Bertz CT molecular complexity index is 1010. The van der Waals surface area contributed by atoms with Gasteiger partial charge in [0.15, 0.2) is 11.5 Å². The molecule has 1 aliphatic rings. The van der Waals surface area contributed by atoms with Crippen molar-refractivity contribution < 1.29 is 17.9 Å². The summed E-state index contributed by atoms with van der Waals surface area (Å²) < 4.78 is 38.0. The molecule has 2 aromatic carbocycles. The maximum Gasteiger partial charge on any atom is 0.243 e. The van der Waals surface area contributed by atoms with Gasteiger partial charge in [0, 0.05) is 32.7 Å². The number of methoxy groups -OCH3 is 2. The van der Waals surface area contributed by atoms with Crippen LogP contribution in [-0.2, 0) is 16.6 Å². The number of aryl methyl sites for hydroxylation is 1. The van der Waals surface area contributed by atoms with Crippen LogP contribution in [-0.4, -0.2) is 58.0 Å². The van der Waals surface area contributed by atoms with Gasteiger partial charge in [0.05, 0.1) is 30.7 Å². The monoisotopic (exact) mass is 415 g/mol. The average Bonchev–Trinajstić information content (AvgIpc) is 2.75. The molecule has 0 saturated carbocycles. The molecular weight excluding hydrogens is 390 g/mol. The highest BCUT2D eigenvalue weighted by Crippen LogP contribution is 2.31. The molecule has 1 fully saturated rings. The zero-order valence-corrected chi connectivity index (χ0v) is 17.7. The van der Waals surface area contributed by atoms with Crippen LogP contribution in [0.2, 0.25) is 0 Å². The van der Waals surface area contributed by atoms with Crippen LogP contribution in [0, 0.1) is 18.3 Å². The molecule has 0 N–H and O–H groups in total. The molecule has 3 rings (SSSR count). The van der Waals surface area contributed by atoms with E-state index in [1.807, 2.05) is 25.1 Å². The molecule has 0 atom stereocenters. The van der Waals surface area contributed by atoms with Gasteiger partial charge in [-0.3, -0.25) is 4.90 Å². The molecule has 7 nitrogen and oxygen atoms in total. The van der Waals surface area contributed by atoms with E-state index < -0.39 is 10.0 Å². The summed E-state index contributed by atoms with van der Waals surface area (Å²) in [6, 6.07) is 12.0. The summed E-state index contributed by atoms with van der Waals surface area (Å²) in [5.74, 6) is 1.39. The molecule has 0 aromatic heterocycles. The summed E-state index contributed by atoms with van der Waals surface area (Å²) in [5, 5.41) is 8.88. The van der Waals surface area contributed by atoms with Crippen molar-refractivity contribution in [2.45, 2.75) is 18.4 Å². The molecule has 0 amide bonds. The Morgan fingerprint density at radius 3 is 2.14 bits per heavy atom. The minimum Gasteiger partial charge on any atom is -0.493 e. The molecule has 2 aromatic rings. The standard InChI is InChI=1S/C21H25N3O4S/c1-16-12-20(27-2)21(28-3)13-18(16)15-23-8-10-24(11-9-23)29(25,26)19-6-4-17(14-22)5-7-19/h4-7,12-13H,8-11,15H2,1-3H3. The smallest absolute Gasteiger partial charge is 0.243 e. The van der Waals surface area contributed by atoms with Gasteiger partial charge in [-0.15, -0.1) is 0 Å². The first kappa shape index (κ1) is 21.1. The van der Waals surface area contributed by atoms with Crippen molar-refractivity contribution in [3.05, 3.63) is 53.1 Å². The van der Waals surface area contributed by atoms with Crippen LogP contribution in [0.3, 0.4) is 0 Å². The Labute approximate surface area is 172 Å². The van der Waals surface area contributed by atoms with Crippen molar-refractivity contribution in [1.29, 1.82) is 5.26 Å². The summed E-state index contributed by atoms with van der Waals surface area (Å²) in [6.07, 6.45) is 0. The van der Waals surface area contributed by atoms with Gasteiger partial charge < -0.3 is 9.47 Å². The third-order valence-corrected chi connectivity index (χ3v) is 7.10. The van der Waals surface area contributed by atoms with Gasteiger partial charge in [0.25, 0.3) is 0 Å². The highest BCUT2D eigenvalue weighted by atomic mass is 32.2. The lowest BCUT2D eigenvalue weighted by Crippen LogP contribution is -2.48. The number of rotatable bonds is 6. The van der Waals surface area contributed by atoms with Crippen LogP contribution >= 0.6 is 0 Å². The van der Waals surface area contributed by atoms with E-state index in [0.717, 1.165) is 17.7 Å². The molecule has 1 aliphatic heterocycles. The minimum absolute atomic E-state index is 0.223. The number of ether oxygens (including phenoxy) is 2. The van der Waals surface area contributed by atoms with E-state index in [1.165, 1.54) is 28.6 Å². The third kappa shape index (κ3) is 4.53. The van der Waals surface area contributed by atoms with E-state index in [2.05, 4.69) is 4.90 Å². The lowest BCUT2D eigenvalue weighted by Gasteiger charge is -2.34. The van der Waals surface area contributed by atoms with Crippen LogP contribution in [0.1, 0.15) is 16.7 Å². The van der Waals surface area contributed by atoms with Crippen LogP contribution in [0.15, 0.2) is 41.3 Å². The van der Waals surface area contributed by atoms with E-state index in [-0.39, 0.29) is 4.90 Å². The zero-order valence-electron chi connectivity index (χ0n) is 16.9. The lowest BCUT2D eigenvalue weighted by molar-refractivity contribution is 0.181. The Morgan fingerprint density at radius 2 is 1.59 bits per heavy atom. The topological polar surface area (TPSA) is 82.9 Å². The van der Waals surface area contributed by atoms with E-state index in [9.17, 15) is 8.42 Å². The SMILES string of the molecule is COc1cc(C)c(CN2CCN(S(=O)(=O)c3ccc(C#N)cc3)CC2)cc1OC. The highest BCUT2D eigenvalue weighted by molar-refractivity contribution is 7.89. The zero-order chi connectivity index (χ0) is 21.0. The van der Waals surface area contributed by atoms with Crippen molar-refractivity contribution in [3.8, 4) is 17.6 Å². The van der Waals surface area contributed by atoms with Crippen molar-refractivity contribution in [2.75, 3.05) is 40.4 Å². The molecule has 0 radical (unpaired) electrons. The van der Waals surface area contributed by atoms with Gasteiger partial charge in [-0.25, -0.2) is 8.42 Å². The largest absolute Gasteiger partial charge is 0.493 e. The van der Waals surface area contributed by atoms with Crippen molar-refractivity contribution in [2.24, 2.45) is 0 Å². The molecule has 0 spiro atoms. The molecule has 0 unspecified atom stereocenters. The maximum atomic E-state index is 12.9. The second-order valence-electron chi connectivity index (χ2n) is 6.95. The number of benzene rings is 2.